The molecule has 0 spiro atoms. The summed E-state index contributed by atoms with van der Waals surface area (Å²) in [5, 5.41) is 16.3. The maximum Gasteiger partial charge on any atom is 0.266 e. The van der Waals surface area contributed by atoms with Gasteiger partial charge in [0.25, 0.3) is 12.3 Å². The number of ether oxygens (including phenoxy) is 1. The number of benzene rings is 2. The van der Waals surface area contributed by atoms with E-state index in [1.54, 1.807) is 19.1 Å². The third kappa shape index (κ3) is 5.31. The third-order valence-corrected chi connectivity index (χ3v) is 7.96. The number of rotatable bonds is 7. The monoisotopic (exact) mass is 527 g/mol. The van der Waals surface area contributed by atoms with Gasteiger partial charge in [-0.3, -0.25) is 4.79 Å². The summed E-state index contributed by atoms with van der Waals surface area (Å²) in [6.07, 6.45) is -0.801. The van der Waals surface area contributed by atoms with Crippen molar-refractivity contribution in [2.24, 2.45) is 5.92 Å². The Morgan fingerprint density at radius 2 is 1.84 bits per heavy atom. The Morgan fingerprint density at radius 3 is 2.47 bits per heavy atom. The van der Waals surface area contributed by atoms with Gasteiger partial charge in [-0.25, -0.2) is 13.2 Å². The van der Waals surface area contributed by atoms with Crippen LogP contribution in [0, 0.1) is 23.1 Å². The fourth-order valence-corrected chi connectivity index (χ4v) is 5.80. The Bertz CT molecular complexity index is 1220. The summed E-state index contributed by atoms with van der Waals surface area (Å²) >= 11 is 0. The standard InChI is InChI=1S/C28H32F3N5O2/c1-17(20-3-2-4-21(26(20)29)27(30)31)33-28(37)22-14-25(36-9-11-38-12-10-36)19(15-32)13-23(22)34-24-16-35-7-5-18(24)6-8-35/h2-4,13-14,17-18,24,27,34H,5-12,16H2,1H3,(H,33,37)/t17-,24+/m1/s1. The minimum Gasteiger partial charge on any atom is -0.380 e. The Morgan fingerprint density at radius 1 is 1.13 bits per heavy atom. The zero-order valence-corrected chi connectivity index (χ0v) is 21.4. The smallest absolute Gasteiger partial charge is 0.266 e. The number of anilines is 2. The van der Waals surface area contributed by atoms with Gasteiger partial charge in [0.1, 0.15) is 11.9 Å². The summed E-state index contributed by atoms with van der Waals surface area (Å²) in [5.74, 6) is -1.01. The van der Waals surface area contributed by atoms with E-state index in [2.05, 4.69) is 21.6 Å². The molecule has 0 aliphatic carbocycles. The van der Waals surface area contributed by atoms with Gasteiger partial charge in [0.05, 0.1) is 41.6 Å². The van der Waals surface area contributed by atoms with Crippen LogP contribution in [-0.2, 0) is 4.74 Å². The Kier molecular flexibility index (Phi) is 7.77. The molecule has 4 fully saturated rings. The maximum atomic E-state index is 14.8. The number of piperidine rings is 3. The zero-order valence-electron chi connectivity index (χ0n) is 21.4. The topological polar surface area (TPSA) is 80.6 Å². The van der Waals surface area contributed by atoms with E-state index >= 15 is 0 Å². The van der Waals surface area contributed by atoms with Crippen LogP contribution >= 0.6 is 0 Å². The number of halogens is 3. The molecule has 0 saturated carbocycles. The van der Waals surface area contributed by atoms with E-state index in [0.29, 0.717) is 54.7 Å². The highest BCUT2D eigenvalue weighted by Gasteiger charge is 2.35. The van der Waals surface area contributed by atoms with Crippen molar-refractivity contribution in [1.82, 2.24) is 10.2 Å². The number of hydrogen-bond donors (Lipinski definition) is 2. The number of fused-ring (bicyclic) bond motifs is 3. The molecule has 4 heterocycles. The zero-order chi connectivity index (χ0) is 26.8. The van der Waals surface area contributed by atoms with Crippen LogP contribution in [0.1, 0.15) is 59.3 Å². The van der Waals surface area contributed by atoms with Crippen molar-refractivity contribution in [2.45, 2.75) is 38.3 Å². The molecule has 0 unspecified atom stereocenters. The van der Waals surface area contributed by atoms with Crippen molar-refractivity contribution in [2.75, 3.05) is 56.2 Å². The van der Waals surface area contributed by atoms with E-state index in [4.69, 9.17) is 4.74 Å². The van der Waals surface area contributed by atoms with Crippen LogP contribution in [-0.4, -0.2) is 62.8 Å². The van der Waals surface area contributed by atoms with E-state index in [1.165, 1.54) is 12.1 Å². The number of amides is 1. The third-order valence-electron chi connectivity index (χ3n) is 7.96. The highest BCUT2D eigenvalue weighted by Crippen LogP contribution is 2.34. The first kappa shape index (κ1) is 26.3. The largest absolute Gasteiger partial charge is 0.380 e. The normalized spacial score (nSPS) is 23.7. The number of alkyl halides is 2. The summed E-state index contributed by atoms with van der Waals surface area (Å²) in [4.78, 5) is 18.1. The molecule has 2 aromatic rings. The molecule has 0 aromatic heterocycles. The minimum atomic E-state index is -2.95. The number of hydrogen-bond acceptors (Lipinski definition) is 6. The van der Waals surface area contributed by atoms with E-state index in [0.717, 1.165) is 38.5 Å². The number of morpholine rings is 1. The molecule has 7 nitrogen and oxygen atoms in total. The average Bonchev–Trinajstić information content (AvgIpc) is 2.93. The van der Waals surface area contributed by atoms with Crippen molar-refractivity contribution in [1.29, 1.82) is 5.26 Å². The average molecular weight is 528 g/mol. The van der Waals surface area contributed by atoms with Crippen LogP contribution in [0.3, 0.4) is 0 Å². The second-order valence-corrected chi connectivity index (χ2v) is 10.3. The van der Waals surface area contributed by atoms with Gasteiger partial charge in [-0.05, 0) is 50.9 Å². The first-order chi connectivity index (χ1) is 18.4. The van der Waals surface area contributed by atoms with Crippen molar-refractivity contribution in [3.63, 3.8) is 0 Å². The van der Waals surface area contributed by atoms with Crippen LogP contribution < -0.4 is 15.5 Å². The molecule has 202 valence electrons. The van der Waals surface area contributed by atoms with Crippen LogP contribution in [0.2, 0.25) is 0 Å². The molecule has 2 bridgehead atoms. The lowest BCUT2D eigenvalue weighted by molar-refractivity contribution is 0.0934. The first-order valence-corrected chi connectivity index (χ1v) is 13.1. The van der Waals surface area contributed by atoms with Gasteiger partial charge < -0.3 is 25.2 Å². The molecule has 4 aliphatic heterocycles. The minimum absolute atomic E-state index is 0.00917. The fourth-order valence-electron chi connectivity index (χ4n) is 5.80. The molecular weight excluding hydrogens is 495 g/mol. The lowest BCUT2D eigenvalue weighted by Gasteiger charge is -2.45. The predicted molar refractivity (Wildman–Crippen MR) is 138 cm³/mol. The number of nitriles is 1. The molecule has 2 atom stereocenters. The Hall–Kier alpha value is -3.29. The van der Waals surface area contributed by atoms with Crippen molar-refractivity contribution < 1.29 is 22.7 Å². The molecule has 2 aromatic carbocycles. The van der Waals surface area contributed by atoms with E-state index in [9.17, 15) is 23.2 Å². The van der Waals surface area contributed by atoms with Gasteiger partial charge in [-0.1, -0.05) is 18.2 Å². The quantitative estimate of drug-likeness (QED) is 0.553. The second-order valence-electron chi connectivity index (χ2n) is 10.3. The van der Waals surface area contributed by atoms with Gasteiger partial charge in [-0.2, -0.15) is 5.26 Å². The Balaban J connectivity index is 1.47. The molecule has 4 aliphatic rings. The molecule has 4 saturated heterocycles. The van der Waals surface area contributed by atoms with E-state index < -0.39 is 29.8 Å². The molecule has 1 amide bonds. The molecule has 38 heavy (non-hydrogen) atoms. The lowest BCUT2D eigenvalue weighted by atomic mass is 9.83. The van der Waals surface area contributed by atoms with Gasteiger partial charge in [0, 0.05) is 36.9 Å². The highest BCUT2D eigenvalue weighted by molar-refractivity contribution is 6.01. The molecule has 10 heteroatoms. The number of nitrogens with one attached hydrogen (secondary N) is 2. The van der Waals surface area contributed by atoms with E-state index in [1.807, 2.05) is 4.90 Å². The molecule has 2 N–H and O–H groups in total. The number of carbonyl (C=O) groups is 1. The van der Waals surface area contributed by atoms with Gasteiger partial charge >= 0.3 is 0 Å². The first-order valence-electron chi connectivity index (χ1n) is 13.1. The van der Waals surface area contributed by atoms with Crippen LogP contribution in [0.5, 0.6) is 0 Å². The van der Waals surface area contributed by atoms with Gasteiger partial charge in [-0.15, -0.1) is 0 Å². The highest BCUT2D eigenvalue weighted by atomic mass is 19.3. The van der Waals surface area contributed by atoms with Gasteiger partial charge in [0.2, 0.25) is 0 Å². The Labute approximate surface area is 220 Å². The van der Waals surface area contributed by atoms with E-state index in [-0.39, 0.29) is 11.6 Å². The number of nitrogens with zero attached hydrogens (tertiary/aromatic N) is 3. The van der Waals surface area contributed by atoms with Crippen molar-refractivity contribution >= 4 is 17.3 Å². The molecule has 0 radical (unpaired) electrons. The van der Waals surface area contributed by atoms with Crippen LogP contribution in [0.25, 0.3) is 0 Å². The summed E-state index contributed by atoms with van der Waals surface area (Å²) in [7, 11) is 0. The molecular formula is C28H32F3N5O2. The van der Waals surface area contributed by atoms with Crippen LogP contribution in [0.15, 0.2) is 30.3 Å². The summed E-state index contributed by atoms with van der Waals surface area (Å²) in [6.45, 7) is 6.77. The van der Waals surface area contributed by atoms with Crippen molar-refractivity contribution in [3.05, 3.63) is 58.4 Å². The summed E-state index contributed by atoms with van der Waals surface area (Å²) in [5.41, 5.74) is 1.27. The summed E-state index contributed by atoms with van der Waals surface area (Å²) < 4.78 is 46.8. The molecule has 6 rings (SSSR count). The predicted octanol–water partition coefficient (Wildman–Crippen LogP) is 4.47. The fraction of sp³-hybridized carbons (Fsp3) is 0.500. The van der Waals surface area contributed by atoms with Gasteiger partial charge in [0.15, 0.2) is 0 Å². The number of carbonyl (C=O) groups excluding carboxylic acids is 1. The van der Waals surface area contributed by atoms with Crippen molar-refractivity contribution in [3.8, 4) is 6.07 Å². The van der Waals surface area contributed by atoms with Crippen LogP contribution in [0.4, 0.5) is 24.5 Å². The maximum absolute atomic E-state index is 14.8. The second kappa shape index (κ2) is 11.2. The lowest BCUT2D eigenvalue weighted by Crippen LogP contribution is -2.53. The SMILES string of the molecule is C[C@@H](NC(=O)c1cc(N2CCOCC2)c(C#N)cc1N[C@H]1CN2CCC1CC2)c1cccc(C(F)F)c1F. The summed E-state index contributed by atoms with van der Waals surface area (Å²) in [6, 6.07) is 8.80.